The molecule has 1 aromatic heterocycles. The Kier molecular flexibility index (Phi) is 3.65. The van der Waals surface area contributed by atoms with Gasteiger partial charge in [-0.25, -0.2) is 0 Å². The van der Waals surface area contributed by atoms with Crippen LogP contribution in [0, 0.1) is 11.3 Å². The molecule has 0 spiro atoms. The van der Waals surface area contributed by atoms with Crippen LogP contribution in [0.15, 0.2) is 35.3 Å². The van der Waals surface area contributed by atoms with Crippen molar-refractivity contribution >= 4 is 16.7 Å². The van der Waals surface area contributed by atoms with Gasteiger partial charge in [0.05, 0.1) is 23.6 Å². The average Bonchev–Trinajstić information content (AvgIpc) is 2.94. The highest BCUT2D eigenvalue weighted by molar-refractivity contribution is 5.99. The molecule has 22 heavy (non-hydrogen) atoms. The van der Waals surface area contributed by atoms with Crippen molar-refractivity contribution < 1.29 is 4.79 Å². The fraction of sp³-hybridized carbons (Fsp3) is 0.312. The molecule has 6 heteroatoms. The molecule has 1 atom stereocenters. The van der Waals surface area contributed by atoms with Crippen LogP contribution in [-0.4, -0.2) is 29.6 Å². The van der Waals surface area contributed by atoms with E-state index in [1.807, 2.05) is 21.8 Å². The minimum absolute atomic E-state index is 0.0562. The van der Waals surface area contributed by atoms with Crippen molar-refractivity contribution in [3.63, 3.8) is 0 Å². The second-order valence-corrected chi connectivity index (χ2v) is 5.45. The zero-order valence-electron chi connectivity index (χ0n) is 12.0. The van der Waals surface area contributed by atoms with Crippen molar-refractivity contribution in [2.24, 2.45) is 5.73 Å². The molecule has 1 aromatic carbocycles. The average molecular weight is 296 g/mol. The first-order valence-electron chi connectivity index (χ1n) is 7.17. The summed E-state index contributed by atoms with van der Waals surface area (Å²) in [6, 6.07) is 9.05. The molecular weight excluding hydrogens is 280 g/mol. The molecule has 0 saturated carbocycles. The van der Waals surface area contributed by atoms with Crippen molar-refractivity contribution in [3.05, 3.63) is 46.2 Å². The monoisotopic (exact) mass is 296 g/mol. The number of ketones is 1. The molecule has 2 heterocycles. The minimum Gasteiger partial charge on any atom is -0.326 e. The standard InChI is InChI=1S/C16H16N4O2/c17-7-5-15(21)13-10-20(19-8-6-11(18)9-19)14-4-2-1-3-12(14)16(13)22/h1-4,10-11H,5-6,8-9,18H2. The van der Waals surface area contributed by atoms with Gasteiger partial charge < -0.3 is 10.7 Å². The molecule has 1 unspecified atom stereocenters. The van der Waals surface area contributed by atoms with Gasteiger partial charge in [0.1, 0.15) is 0 Å². The fourth-order valence-corrected chi connectivity index (χ4v) is 2.82. The number of benzene rings is 1. The van der Waals surface area contributed by atoms with Gasteiger partial charge >= 0.3 is 0 Å². The molecule has 0 radical (unpaired) electrons. The lowest BCUT2D eigenvalue weighted by Gasteiger charge is -2.24. The van der Waals surface area contributed by atoms with Crippen molar-refractivity contribution in [2.75, 3.05) is 18.1 Å². The third-order valence-electron chi connectivity index (χ3n) is 3.94. The maximum absolute atomic E-state index is 12.5. The van der Waals surface area contributed by atoms with E-state index in [4.69, 9.17) is 11.0 Å². The Morgan fingerprint density at radius 1 is 1.41 bits per heavy atom. The van der Waals surface area contributed by atoms with E-state index in [1.54, 1.807) is 24.4 Å². The summed E-state index contributed by atoms with van der Waals surface area (Å²) in [5.41, 5.74) is 6.43. The number of carbonyl (C=O) groups is 1. The highest BCUT2D eigenvalue weighted by atomic mass is 16.1. The molecule has 1 aliphatic heterocycles. The van der Waals surface area contributed by atoms with E-state index in [0.717, 1.165) is 18.5 Å². The number of nitriles is 1. The predicted octanol–water partition coefficient (Wildman–Crippen LogP) is 0.767. The number of para-hydroxylation sites is 1. The minimum atomic E-state index is -0.449. The third-order valence-corrected chi connectivity index (χ3v) is 3.94. The smallest absolute Gasteiger partial charge is 0.200 e. The van der Waals surface area contributed by atoms with Gasteiger partial charge in [-0.1, -0.05) is 12.1 Å². The number of nitrogens with two attached hydrogens (primary N) is 1. The van der Waals surface area contributed by atoms with E-state index in [9.17, 15) is 9.59 Å². The van der Waals surface area contributed by atoms with Crippen molar-refractivity contribution in [1.82, 2.24) is 4.68 Å². The summed E-state index contributed by atoms with van der Waals surface area (Å²) in [7, 11) is 0. The van der Waals surface area contributed by atoms with Crippen LogP contribution >= 0.6 is 0 Å². The largest absolute Gasteiger partial charge is 0.326 e. The van der Waals surface area contributed by atoms with E-state index >= 15 is 0 Å². The predicted molar refractivity (Wildman–Crippen MR) is 83.3 cm³/mol. The van der Waals surface area contributed by atoms with E-state index in [2.05, 4.69) is 0 Å². The number of rotatable bonds is 3. The van der Waals surface area contributed by atoms with E-state index in [0.29, 0.717) is 11.9 Å². The number of aromatic nitrogens is 1. The van der Waals surface area contributed by atoms with E-state index in [1.165, 1.54) is 0 Å². The Labute approximate surface area is 127 Å². The second-order valence-electron chi connectivity index (χ2n) is 5.45. The summed E-state index contributed by atoms with van der Waals surface area (Å²) in [4.78, 5) is 24.6. The van der Waals surface area contributed by atoms with Gasteiger partial charge in [-0.3, -0.25) is 14.3 Å². The normalized spacial score (nSPS) is 17.6. The van der Waals surface area contributed by atoms with Crippen molar-refractivity contribution in [2.45, 2.75) is 18.9 Å². The number of fused-ring (bicyclic) bond motifs is 1. The van der Waals surface area contributed by atoms with Crippen LogP contribution < -0.4 is 16.2 Å². The Morgan fingerprint density at radius 2 is 2.18 bits per heavy atom. The Balaban J connectivity index is 2.22. The lowest BCUT2D eigenvalue weighted by molar-refractivity contribution is 0.0996. The molecule has 3 rings (SSSR count). The van der Waals surface area contributed by atoms with Crippen LogP contribution in [0.2, 0.25) is 0 Å². The van der Waals surface area contributed by atoms with Gasteiger partial charge in [0.15, 0.2) is 11.2 Å². The third kappa shape index (κ3) is 2.36. The fourth-order valence-electron chi connectivity index (χ4n) is 2.82. The molecule has 2 N–H and O–H groups in total. The lowest BCUT2D eigenvalue weighted by Crippen LogP contribution is -2.36. The molecule has 1 fully saturated rings. The molecule has 1 saturated heterocycles. The first-order chi connectivity index (χ1) is 10.6. The van der Waals surface area contributed by atoms with Gasteiger partial charge in [0.2, 0.25) is 0 Å². The quantitative estimate of drug-likeness (QED) is 0.844. The van der Waals surface area contributed by atoms with Crippen LogP contribution in [-0.2, 0) is 0 Å². The Bertz CT molecular complexity index is 834. The number of carbonyl (C=O) groups excluding carboxylic acids is 1. The number of hydrogen-bond donors (Lipinski definition) is 1. The SMILES string of the molecule is N#CCC(=O)c1cn(N2CCC(N)C2)c2ccccc2c1=O. The van der Waals surface area contributed by atoms with Crippen LogP contribution in [0.3, 0.4) is 0 Å². The number of nitrogens with zero attached hydrogens (tertiary/aromatic N) is 3. The van der Waals surface area contributed by atoms with Crippen molar-refractivity contribution in [1.29, 1.82) is 5.26 Å². The number of Topliss-reactive ketones (excluding diaryl/α,β-unsaturated/α-hetero) is 1. The molecule has 0 bridgehead atoms. The lowest BCUT2D eigenvalue weighted by atomic mass is 10.1. The van der Waals surface area contributed by atoms with Crippen LogP contribution in [0.1, 0.15) is 23.2 Å². The summed E-state index contributed by atoms with van der Waals surface area (Å²) in [6.45, 7) is 1.43. The van der Waals surface area contributed by atoms with E-state index in [-0.39, 0.29) is 23.5 Å². The van der Waals surface area contributed by atoms with Gasteiger partial charge in [0.25, 0.3) is 0 Å². The number of hydrogen-bond acceptors (Lipinski definition) is 5. The van der Waals surface area contributed by atoms with Gasteiger partial charge in [-0.2, -0.15) is 5.26 Å². The highest BCUT2D eigenvalue weighted by Gasteiger charge is 2.22. The van der Waals surface area contributed by atoms with Crippen LogP contribution in [0.25, 0.3) is 10.9 Å². The van der Waals surface area contributed by atoms with Crippen molar-refractivity contribution in [3.8, 4) is 6.07 Å². The van der Waals surface area contributed by atoms with Gasteiger partial charge in [0, 0.05) is 30.7 Å². The first-order valence-corrected chi connectivity index (χ1v) is 7.17. The molecule has 2 aromatic rings. The second kappa shape index (κ2) is 5.62. The first kappa shape index (κ1) is 14.3. The van der Waals surface area contributed by atoms with Gasteiger partial charge in [-0.05, 0) is 18.6 Å². The summed E-state index contributed by atoms with van der Waals surface area (Å²) in [5, 5.41) is 11.2. The molecule has 6 nitrogen and oxygen atoms in total. The molecule has 0 aliphatic carbocycles. The zero-order valence-corrected chi connectivity index (χ0v) is 12.0. The summed E-state index contributed by atoms with van der Waals surface area (Å²) in [6.07, 6.45) is 2.11. The van der Waals surface area contributed by atoms with Gasteiger partial charge in [-0.15, -0.1) is 0 Å². The maximum Gasteiger partial charge on any atom is 0.200 e. The summed E-state index contributed by atoms with van der Waals surface area (Å²) in [5.74, 6) is -0.449. The molecule has 112 valence electrons. The summed E-state index contributed by atoms with van der Waals surface area (Å²) < 4.78 is 1.83. The summed E-state index contributed by atoms with van der Waals surface area (Å²) >= 11 is 0. The molecule has 1 aliphatic rings. The topological polar surface area (TPSA) is 92.1 Å². The number of pyridine rings is 1. The van der Waals surface area contributed by atoms with Crippen LogP contribution in [0.5, 0.6) is 0 Å². The zero-order chi connectivity index (χ0) is 15.7. The van der Waals surface area contributed by atoms with Crippen LogP contribution in [0.4, 0.5) is 0 Å². The van der Waals surface area contributed by atoms with E-state index < -0.39 is 5.78 Å². The maximum atomic E-state index is 12.5. The highest BCUT2D eigenvalue weighted by Crippen LogP contribution is 2.16. The Hall–Kier alpha value is -2.65. The Morgan fingerprint density at radius 3 is 2.86 bits per heavy atom. The molecular formula is C16H16N4O2. The molecule has 0 amide bonds.